The molecule has 1 saturated carbocycles. The Morgan fingerprint density at radius 1 is 1.63 bits per heavy atom. The molecule has 0 bridgehead atoms. The molecule has 1 aliphatic carbocycles. The molecule has 0 spiro atoms. The molecule has 1 N–H and O–H groups in total. The molecule has 3 nitrogen and oxygen atoms in total. The minimum Gasteiger partial charge on any atom is -0.465 e. The fourth-order valence-corrected chi connectivity index (χ4v) is 3.55. The van der Waals surface area contributed by atoms with Crippen LogP contribution >= 0.6 is 11.3 Å². The van der Waals surface area contributed by atoms with Crippen molar-refractivity contribution >= 4 is 17.3 Å². The van der Waals surface area contributed by atoms with Crippen LogP contribution in [-0.2, 0) is 16.1 Å². The topological polar surface area (TPSA) is 38.3 Å². The Morgan fingerprint density at radius 2 is 2.47 bits per heavy atom. The van der Waals surface area contributed by atoms with Gasteiger partial charge in [-0.25, -0.2) is 0 Å². The average Bonchev–Trinajstić information content (AvgIpc) is 2.90. The van der Waals surface area contributed by atoms with Gasteiger partial charge < -0.3 is 4.74 Å². The molecule has 4 heteroatoms. The molecule has 0 saturated heterocycles. The molecule has 1 aromatic rings. The van der Waals surface area contributed by atoms with Crippen molar-refractivity contribution in [3.05, 3.63) is 22.4 Å². The summed E-state index contributed by atoms with van der Waals surface area (Å²) in [5.41, 5.74) is -0.475. The summed E-state index contributed by atoms with van der Waals surface area (Å²) in [6.07, 6.45) is 4.08. The third-order valence-corrected chi connectivity index (χ3v) is 4.72. The van der Waals surface area contributed by atoms with E-state index in [1.807, 2.05) is 13.0 Å². The molecule has 1 aromatic heterocycles. The predicted octanol–water partition coefficient (Wildman–Crippen LogP) is 3.35. The summed E-state index contributed by atoms with van der Waals surface area (Å²) < 4.78 is 5.30. The first kappa shape index (κ1) is 14.5. The van der Waals surface area contributed by atoms with Gasteiger partial charge in [0.2, 0.25) is 0 Å². The van der Waals surface area contributed by atoms with E-state index in [0.717, 1.165) is 25.8 Å². The van der Waals surface area contributed by atoms with Gasteiger partial charge in [0.05, 0.1) is 6.61 Å². The van der Waals surface area contributed by atoms with E-state index in [4.69, 9.17) is 4.74 Å². The SMILES string of the molecule is CCOC(=O)C1(NCc2cccs2)CCCC(C)C1. The summed E-state index contributed by atoms with van der Waals surface area (Å²) >= 11 is 1.72. The van der Waals surface area contributed by atoms with Gasteiger partial charge in [-0.15, -0.1) is 11.3 Å². The van der Waals surface area contributed by atoms with Crippen LogP contribution in [0.25, 0.3) is 0 Å². The fraction of sp³-hybridized carbons (Fsp3) is 0.667. The maximum absolute atomic E-state index is 12.3. The standard InChI is InChI=1S/C15H23NO2S/c1-3-18-14(17)15(8-4-6-12(2)10-15)16-11-13-7-5-9-19-13/h5,7,9,12,16H,3-4,6,8,10-11H2,1-2H3. The van der Waals surface area contributed by atoms with Crippen molar-refractivity contribution in [1.82, 2.24) is 5.32 Å². The van der Waals surface area contributed by atoms with Crippen molar-refractivity contribution in [3.8, 4) is 0 Å². The van der Waals surface area contributed by atoms with Crippen LogP contribution in [0, 0.1) is 5.92 Å². The minimum absolute atomic E-state index is 0.0712. The zero-order valence-electron chi connectivity index (χ0n) is 11.8. The predicted molar refractivity (Wildman–Crippen MR) is 78.2 cm³/mol. The molecule has 0 aromatic carbocycles. The average molecular weight is 281 g/mol. The van der Waals surface area contributed by atoms with Gasteiger partial charge in [-0.05, 0) is 37.1 Å². The molecule has 1 aliphatic rings. The third kappa shape index (κ3) is 3.57. The second-order valence-electron chi connectivity index (χ2n) is 5.44. The van der Waals surface area contributed by atoms with Crippen molar-refractivity contribution in [3.63, 3.8) is 0 Å². The van der Waals surface area contributed by atoms with Gasteiger partial charge in [-0.3, -0.25) is 10.1 Å². The van der Waals surface area contributed by atoms with E-state index in [9.17, 15) is 4.79 Å². The van der Waals surface area contributed by atoms with E-state index in [0.29, 0.717) is 12.5 Å². The zero-order chi connectivity index (χ0) is 13.7. The lowest BCUT2D eigenvalue weighted by molar-refractivity contribution is -0.153. The number of carbonyl (C=O) groups excluding carboxylic acids is 1. The minimum atomic E-state index is -0.475. The van der Waals surface area contributed by atoms with Crippen LogP contribution in [0.5, 0.6) is 0 Å². The highest BCUT2D eigenvalue weighted by molar-refractivity contribution is 7.09. The summed E-state index contributed by atoms with van der Waals surface area (Å²) in [7, 11) is 0. The smallest absolute Gasteiger partial charge is 0.326 e. The van der Waals surface area contributed by atoms with Crippen LogP contribution in [0.2, 0.25) is 0 Å². The van der Waals surface area contributed by atoms with E-state index in [1.165, 1.54) is 11.3 Å². The van der Waals surface area contributed by atoms with Gasteiger partial charge in [-0.2, -0.15) is 0 Å². The van der Waals surface area contributed by atoms with Crippen molar-refractivity contribution < 1.29 is 9.53 Å². The number of carbonyl (C=O) groups is 1. The van der Waals surface area contributed by atoms with Gasteiger partial charge in [0.25, 0.3) is 0 Å². The number of hydrogen-bond donors (Lipinski definition) is 1. The first-order valence-electron chi connectivity index (χ1n) is 7.11. The van der Waals surface area contributed by atoms with Crippen molar-refractivity contribution in [2.45, 2.75) is 51.6 Å². The van der Waals surface area contributed by atoms with Gasteiger partial charge in [0.1, 0.15) is 5.54 Å². The largest absolute Gasteiger partial charge is 0.465 e. The van der Waals surface area contributed by atoms with Crippen molar-refractivity contribution in [2.75, 3.05) is 6.61 Å². The van der Waals surface area contributed by atoms with Crippen LogP contribution in [0.3, 0.4) is 0 Å². The molecule has 1 fully saturated rings. The molecule has 2 unspecified atom stereocenters. The summed E-state index contributed by atoms with van der Waals surface area (Å²) in [5.74, 6) is 0.507. The number of hydrogen-bond acceptors (Lipinski definition) is 4. The molecule has 1 heterocycles. The van der Waals surface area contributed by atoms with Crippen LogP contribution < -0.4 is 5.32 Å². The van der Waals surface area contributed by atoms with E-state index >= 15 is 0 Å². The van der Waals surface area contributed by atoms with Gasteiger partial charge >= 0.3 is 5.97 Å². The number of thiophene rings is 1. The lowest BCUT2D eigenvalue weighted by Gasteiger charge is -2.38. The van der Waals surface area contributed by atoms with Crippen LogP contribution in [0.4, 0.5) is 0 Å². The Morgan fingerprint density at radius 3 is 3.11 bits per heavy atom. The summed E-state index contributed by atoms with van der Waals surface area (Å²) in [6, 6.07) is 4.14. The van der Waals surface area contributed by atoms with Crippen molar-refractivity contribution in [1.29, 1.82) is 0 Å². The van der Waals surface area contributed by atoms with Crippen LogP contribution in [-0.4, -0.2) is 18.1 Å². The van der Waals surface area contributed by atoms with E-state index < -0.39 is 5.54 Å². The van der Waals surface area contributed by atoms with Gasteiger partial charge in [0.15, 0.2) is 0 Å². The summed E-state index contributed by atoms with van der Waals surface area (Å²) in [4.78, 5) is 13.6. The highest BCUT2D eigenvalue weighted by Crippen LogP contribution is 2.33. The number of rotatable bonds is 5. The summed E-state index contributed by atoms with van der Waals surface area (Å²) in [5, 5.41) is 5.56. The Kier molecular flexibility index (Phi) is 4.99. The van der Waals surface area contributed by atoms with Crippen LogP contribution in [0.15, 0.2) is 17.5 Å². The molecular formula is C15H23NO2S. The Hall–Kier alpha value is -0.870. The quantitative estimate of drug-likeness (QED) is 0.841. The Bertz CT molecular complexity index is 404. The molecule has 19 heavy (non-hydrogen) atoms. The normalized spacial score (nSPS) is 27.2. The monoisotopic (exact) mass is 281 g/mol. The number of ether oxygens (including phenoxy) is 1. The first-order chi connectivity index (χ1) is 9.16. The van der Waals surface area contributed by atoms with Crippen molar-refractivity contribution in [2.24, 2.45) is 5.92 Å². The van der Waals surface area contributed by atoms with E-state index in [2.05, 4.69) is 23.7 Å². The van der Waals surface area contributed by atoms with Gasteiger partial charge in [0, 0.05) is 11.4 Å². The molecule has 106 valence electrons. The molecule has 0 amide bonds. The summed E-state index contributed by atoms with van der Waals surface area (Å²) in [6.45, 7) is 5.30. The zero-order valence-corrected chi connectivity index (χ0v) is 12.6. The first-order valence-corrected chi connectivity index (χ1v) is 7.99. The van der Waals surface area contributed by atoms with Crippen LogP contribution in [0.1, 0.15) is 44.4 Å². The third-order valence-electron chi connectivity index (χ3n) is 3.84. The Balaban J connectivity index is 2.06. The molecule has 0 radical (unpaired) electrons. The molecule has 0 aliphatic heterocycles. The molecule has 2 rings (SSSR count). The lowest BCUT2D eigenvalue weighted by atomic mass is 9.76. The molecular weight excluding hydrogens is 258 g/mol. The fourth-order valence-electron chi connectivity index (χ4n) is 2.91. The second-order valence-corrected chi connectivity index (χ2v) is 6.47. The maximum atomic E-state index is 12.3. The number of esters is 1. The van der Waals surface area contributed by atoms with E-state index in [1.54, 1.807) is 11.3 Å². The second kappa shape index (κ2) is 6.53. The molecule has 2 atom stereocenters. The highest BCUT2D eigenvalue weighted by Gasteiger charge is 2.42. The number of nitrogens with one attached hydrogen (secondary N) is 1. The van der Waals surface area contributed by atoms with E-state index in [-0.39, 0.29) is 5.97 Å². The van der Waals surface area contributed by atoms with Gasteiger partial charge in [-0.1, -0.05) is 25.8 Å². The Labute approximate surface area is 119 Å². The highest BCUT2D eigenvalue weighted by atomic mass is 32.1. The lowest BCUT2D eigenvalue weighted by Crippen LogP contribution is -2.55. The maximum Gasteiger partial charge on any atom is 0.326 e.